The number of carbonyl (C=O) groups excluding carboxylic acids is 1. The fourth-order valence-corrected chi connectivity index (χ4v) is 3.22. The first-order valence-corrected chi connectivity index (χ1v) is 9.51. The van der Waals surface area contributed by atoms with Crippen molar-refractivity contribution in [2.75, 3.05) is 5.32 Å². The SMILES string of the molecule is Cc1nn(Cc2ccccc2)c(C)c1NC(=O)c1cc(-c2ccc(Cl)cc2)on1. The maximum absolute atomic E-state index is 12.7. The molecule has 0 saturated carbocycles. The summed E-state index contributed by atoms with van der Waals surface area (Å²) in [4.78, 5) is 12.7. The average molecular weight is 407 g/mol. The molecule has 2 heterocycles. The van der Waals surface area contributed by atoms with Gasteiger partial charge in [-0.1, -0.05) is 47.1 Å². The van der Waals surface area contributed by atoms with E-state index in [1.54, 1.807) is 18.2 Å². The zero-order valence-electron chi connectivity index (χ0n) is 16.0. The van der Waals surface area contributed by atoms with Gasteiger partial charge in [0.1, 0.15) is 0 Å². The second-order valence-electron chi connectivity index (χ2n) is 6.73. The van der Waals surface area contributed by atoms with Gasteiger partial charge in [-0.05, 0) is 43.7 Å². The number of aryl methyl sites for hydroxylation is 1. The minimum atomic E-state index is -0.348. The van der Waals surface area contributed by atoms with E-state index in [0.717, 1.165) is 22.5 Å². The fraction of sp³-hybridized carbons (Fsp3) is 0.136. The minimum absolute atomic E-state index is 0.199. The first-order chi connectivity index (χ1) is 14.0. The Bertz CT molecular complexity index is 1150. The van der Waals surface area contributed by atoms with Crippen molar-refractivity contribution in [3.05, 3.63) is 88.3 Å². The molecule has 4 rings (SSSR count). The Balaban J connectivity index is 1.52. The summed E-state index contributed by atoms with van der Waals surface area (Å²) in [5, 5.41) is 12.0. The number of rotatable bonds is 5. The Kier molecular flexibility index (Phi) is 5.18. The molecule has 0 fully saturated rings. The van der Waals surface area contributed by atoms with E-state index in [0.29, 0.717) is 23.0 Å². The molecular formula is C22H19ClN4O2. The van der Waals surface area contributed by atoms with Crippen LogP contribution in [-0.2, 0) is 6.54 Å². The predicted octanol–water partition coefficient (Wildman–Crippen LogP) is 5.11. The van der Waals surface area contributed by atoms with E-state index in [9.17, 15) is 4.79 Å². The molecule has 29 heavy (non-hydrogen) atoms. The number of aromatic nitrogens is 3. The lowest BCUT2D eigenvalue weighted by molar-refractivity contribution is 0.101. The molecule has 1 amide bonds. The van der Waals surface area contributed by atoms with E-state index in [1.807, 2.05) is 61.0 Å². The lowest BCUT2D eigenvalue weighted by Gasteiger charge is -2.06. The van der Waals surface area contributed by atoms with Crippen molar-refractivity contribution in [3.8, 4) is 11.3 Å². The van der Waals surface area contributed by atoms with E-state index in [2.05, 4.69) is 15.6 Å². The largest absolute Gasteiger partial charge is 0.355 e. The van der Waals surface area contributed by atoms with Crippen LogP contribution in [0, 0.1) is 13.8 Å². The molecule has 146 valence electrons. The Hall–Kier alpha value is -3.38. The van der Waals surface area contributed by atoms with Crippen LogP contribution in [-0.4, -0.2) is 20.8 Å². The van der Waals surface area contributed by atoms with Crippen LogP contribution in [0.3, 0.4) is 0 Å². The Morgan fingerprint density at radius 2 is 1.83 bits per heavy atom. The number of amides is 1. The minimum Gasteiger partial charge on any atom is -0.355 e. The third kappa shape index (κ3) is 4.07. The Morgan fingerprint density at radius 1 is 1.10 bits per heavy atom. The quantitative estimate of drug-likeness (QED) is 0.500. The van der Waals surface area contributed by atoms with Crippen molar-refractivity contribution in [1.29, 1.82) is 0 Å². The van der Waals surface area contributed by atoms with Crippen molar-refractivity contribution in [2.45, 2.75) is 20.4 Å². The summed E-state index contributed by atoms with van der Waals surface area (Å²) < 4.78 is 7.20. The van der Waals surface area contributed by atoms with Crippen LogP contribution in [0.1, 0.15) is 27.4 Å². The number of benzene rings is 2. The standard InChI is InChI=1S/C22H19ClN4O2/c1-14-21(15(2)27(25-14)13-16-6-4-3-5-7-16)24-22(28)19-12-20(29-26-19)17-8-10-18(23)11-9-17/h3-12H,13H2,1-2H3,(H,24,28). The van der Waals surface area contributed by atoms with Crippen LogP contribution in [0.4, 0.5) is 5.69 Å². The van der Waals surface area contributed by atoms with Crippen LogP contribution in [0.25, 0.3) is 11.3 Å². The van der Waals surface area contributed by atoms with Gasteiger partial charge in [-0.2, -0.15) is 5.10 Å². The van der Waals surface area contributed by atoms with E-state index in [1.165, 1.54) is 0 Å². The van der Waals surface area contributed by atoms with E-state index >= 15 is 0 Å². The molecule has 1 N–H and O–H groups in total. The highest BCUT2D eigenvalue weighted by molar-refractivity contribution is 6.30. The van der Waals surface area contributed by atoms with Gasteiger partial charge >= 0.3 is 0 Å². The topological polar surface area (TPSA) is 73.0 Å². The molecule has 0 aliphatic carbocycles. The van der Waals surface area contributed by atoms with Gasteiger partial charge < -0.3 is 9.84 Å². The van der Waals surface area contributed by atoms with Gasteiger partial charge in [0.2, 0.25) is 0 Å². The van der Waals surface area contributed by atoms with Crippen LogP contribution < -0.4 is 5.32 Å². The number of hydrogen-bond acceptors (Lipinski definition) is 4. The summed E-state index contributed by atoms with van der Waals surface area (Å²) in [5.41, 5.74) is 4.44. The van der Waals surface area contributed by atoms with Crippen molar-refractivity contribution >= 4 is 23.2 Å². The average Bonchev–Trinajstić information content (AvgIpc) is 3.31. The normalized spacial score (nSPS) is 10.9. The lowest BCUT2D eigenvalue weighted by Crippen LogP contribution is -2.13. The summed E-state index contributed by atoms with van der Waals surface area (Å²) in [5.74, 6) is 0.152. The van der Waals surface area contributed by atoms with Crippen LogP contribution in [0.5, 0.6) is 0 Å². The molecule has 0 spiro atoms. The summed E-state index contributed by atoms with van der Waals surface area (Å²) in [6, 6.07) is 18.8. The summed E-state index contributed by atoms with van der Waals surface area (Å²) in [7, 11) is 0. The third-order valence-electron chi connectivity index (χ3n) is 4.67. The van der Waals surface area contributed by atoms with Gasteiger partial charge in [-0.3, -0.25) is 9.48 Å². The summed E-state index contributed by atoms with van der Waals surface area (Å²) in [6.45, 7) is 4.43. The molecule has 0 unspecified atom stereocenters. The molecule has 6 nitrogen and oxygen atoms in total. The van der Waals surface area contributed by atoms with Gasteiger partial charge in [0.05, 0.1) is 23.6 Å². The predicted molar refractivity (Wildman–Crippen MR) is 112 cm³/mol. The van der Waals surface area contributed by atoms with Crippen molar-refractivity contribution in [2.24, 2.45) is 0 Å². The maximum atomic E-state index is 12.7. The molecule has 0 aliphatic heterocycles. The van der Waals surface area contributed by atoms with Crippen LogP contribution >= 0.6 is 11.6 Å². The maximum Gasteiger partial charge on any atom is 0.277 e. The van der Waals surface area contributed by atoms with Gasteiger partial charge in [-0.25, -0.2) is 0 Å². The van der Waals surface area contributed by atoms with E-state index in [-0.39, 0.29) is 11.6 Å². The van der Waals surface area contributed by atoms with Gasteiger partial charge in [-0.15, -0.1) is 0 Å². The van der Waals surface area contributed by atoms with E-state index < -0.39 is 0 Å². The zero-order valence-corrected chi connectivity index (χ0v) is 16.8. The Morgan fingerprint density at radius 3 is 2.55 bits per heavy atom. The third-order valence-corrected chi connectivity index (χ3v) is 4.92. The number of carbonyl (C=O) groups is 1. The van der Waals surface area contributed by atoms with Crippen molar-refractivity contribution < 1.29 is 9.32 Å². The second-order valence-corrected chi connectivity index (χ2v) is 7.16. The van der Waals surface area contributed by atoms with Gasteiger partial charge in [0.15, 0.2) is 11.5 Å². The number of anilines is 1. The number of nitrogens with zero attached hydrogens (tertiary/aromatic N) is 3. The summed E-state index contributed by atoms with van der Waals surface area (Å²) in [6.07, 6.45) is 0. The second kappa shape index (κ2) is 7.93. The van der Waals surface area contributed by atoms with Crippen molar-refractivity contribution in [1.82, 2.24) is 14.9 Å². The van der Waals surface area contributed by atoms with Gasteiger partial charge in [0.25, 0.3) is 5.91 Å². The van der Waals surface area contributed by atoms with Crippen molar-refractivity contribution in [3.63, 3.8) is 0 Å². The molecule has 0 aliphatic rings. The first-order valence-electron chi connectivity index (χ1n) is 9.13. The zero-order chi connectivity index (χ0) is 20.4. The van der Waals surface area contributed by atoms with Gasteiger partial charge in [0, 0.05) is 16.7 Å². The smallest absolute Gasteiger partial charge is 0.277 e. The molecule has 2 aromatic carbocycles. The molecule has 0 radical (unpaired) electrons. The fourth-order valence-electron chi connectivity index (χ4n) is 3.10. The van der Waals surface area contributed by atoms with E-state index in [4.69, 9.17) is 16.1 Å². The molecule has 7 heteroatoms. The Labute approximate surface area is 173 Å². The number of hydrogen-bond donors (Lipinski definition) is 1. The highest BCUT2D eigenvalue weighted by atomic mass is 35.5. The van der Waals surface area contributed by atoms with Crippen LogP contribution in [0.15, 0.2) is 65.2 Å². The first kappa shape index (κ1) is 19.0. The highest BCUT2D eigenvalue weighted by Crippen LogP contribution is 2.24. The molecule has 0 saturated heterocycles. The molecule has 0 bridgehead atoms. The molecule has 2 aromatic heterocycles. The summed E-state index contributed by atoms with van der Waals surface area (Å²) >= 11 is 5.91. The highest BCUT2D eigenvalue weighted by Gasteiger charge is 2.18. The number of nitrogens with one attached hydrogen (secondary N) is 1. The van der Waals surface area contributed by atoms with Crippen LogP contribution in [0.2, 0.25) is 5.02 Å². The lowest BCUT2D eigenvalue weighted by atomic mass is 10.1. The molecular weight excluding hydrogens is 388 g/mol. The molecule has 0 atom stereocenters. The monoisotopic (exact) mass is 406 g/mol. The molecule has 4 aromatic rings. The number of halogens is 1.